The van der Waals surface area contributed by atoms with Gasteiger partial charge in [-0.25, -0.2) is 4.68 Å². The third-order valence-corrected chi connectivity index (χ3v) is 2.95. The molecule has 0 radical (unpaired) electrons. The fraction of sp³-hybridized carbons (Fsp3) is 0.200. The van der Waals surface area contributed by atoms with Crippen molar-refractivity contribution in [3.8, 4) is 5.69 Å². The van der Waals surface area contributed by atoms with Crippen molar-refractivity contribution in [1.82, 2.24) is 20.3 Å². The molecule has 0 unspecified atom stereocenters. The van der Waals surface area contributed by atoms with E-state index in [1.807, 2.05) is 60.3 Å². The lowest BCUT2D eigenvalue weighted by atomic mass is 10.3. The summed E-state index contributed by atoms with van der Waals surface area (Å²) in [6.07, 6.45) is 1.96. The first-order chi connectivity index (χ1) is 9.81. The Morgan fingerprint density at radius 2 is 2.00 bits per heavy atom. The second kappa shape index (κ2) is 5.71. The average Bonchev–Trinajstić information content (AvgIpc) is 3.09. The number of aryl methyl sites for hydroxylation is 1. The van der Waals surface area contributed by atoms with Crippen molar-refractivity contribution in [2.24, 2.45) is 0 Å². The summed E-state index contributed by atoms with van der Waals surface area (Å²) in [6, 6.07) is 14.0. The number of aromatic nitrogens is 3. The van der Waals surface area contributed by atoms with Crippen LogP contribution in [0.15, 0.2) is 53.2 Å². The van der Waals surface area contributed by atoms with Gasteiger partial charge in [-0.15, -0.1) is 0 Å². The van der Waals surface area contributed by atoms with Gasteiger partial charge in [0.1, 0.15) is 0 Å². The van der Waals surface area contributed by atoms with Crippen LogP contribution in [0.3, 0.4) is 0 Å². The Kier molecular flexibility index (Phi) is 3.60. The molecule has 2 aromatic heterocycles. The zero-order valence-electron chi connectivity index (χ0n) is 11.3. The molecule has 0 aliphatic heterocycles. The second-order valence-electron chi connectivity index (χ2n) is 4.63. The molecule has 0 saturated heterocycles. The van der Waals surface area contributed by atoms with Gasteiger partial charge >= 0.3 is 0 Å². The highest BCUT2D eigenvalue weighted by Gasteiger charge is 2.03. The van der Waals surface area contributed by atoms with E-state index in [4.69, 9.17) is 4.52 Å². The maximum atomic E-state index is 5.14. The molecule has 0 aliphatic carbocycles. The molecule has 0 atom stereocenters. The van der Waals surface area contributed by atoms with Gasteiger partial charge in [-0.05, 0) is 25.1 Å². The smallest absolute Gasteiger partial charge is 0.150 e. The molecule has 20 heavy (non-hydrogen) atoms. The molecular formula is C15H16N4O. The van der Waals surface area contributed by atoms with E-state index in [9.17, 15) is 0 Å². The molecule has 2 heterocycles. The van der Waals surface area contributed by atoms with Crippen LogP contribution in [-0.4, -0.2) is 14.9 Å². The number of nitrogens with one attached hydrogen (secondary N) is 1. The Bertz CT molecular complexity index is 672. The van der Waals surface area contributed by atoms with Crippen molar-refractivity contribution >= 4 is 0 Å². The van der Waals surface area contributed by atoms with Crippen LogP contribution in [0, 0.1) is 6.92 Å². The first kappa shape index (κ1) is 12.6. The maximum Gasteiger partial charge on any atom is 0.150 e. The van der Waals surface area contributed by atoms with Crippen molar-refractivity contribution in [1.29, 1.82) is 0 Å². The molecule has 3 aromatic rings. The number of nitrogens with zero attached hydrogens (tertiary/aromatic N) is 3. The highest BCUT2D eigenvalue weighted by atomic mass is 16.5. The van der Waals surface area contributed by atoms with E-state index in [0.29, 0.717) is 13.1 Å². The van der Waals surface area contributed by atoms with Gasteiger partial charge in [0, 0.05) is 18.8 Å². The van der Waals surface area contributed by atoms with Crippen molar-refractivity contribution in [2.45, 2.75) is 20.0 Å². The lowest BCUT2D eigenvalue weighted by Crippen LogP contribution is -2.12. The topological polar surface area (TPSA) is 55.9 Å². The van der Waals surface area contributed by atoms with Crippen LogP contribution in [0.1, 0.15) is 17.1 Å². The molecule has 0 amide bonds. The first-order valence-electron chi connectivity index (χ1n) is 6.54. The second-order valence-corrected chi connectivity index (χ2v) is 4.63. The van der Waals surface area contributed by atoms with Gasteiger partial charge in [0.25, 0.3) is 0 Å². The van der Waals surface area contributed by atoms with Crippen molar-refractivity contribution < 1.29 is 4.52 Å². The molecule has 3 rings (SSSR count). The Hall–Kier alpha value is -2.40. The van der Waals surface area contributed by atoms with Crippen LogP contribution in [0.2, 0.25) is 0 Å². The molecule has 5 heteroatoms. The average molecular weight is 268 g/mol. The minimum Gasteiger partial charge on any atom is -0.360 e. The van der Waals surface area contributed by atoms with E-state index < -0.39 is 0 Å². The lowest BCUT2D eigenvalue weighted by Gasteiger charge is -2.01. The van der Waals surface area contributed by atoms with E-state index in [2.05, 4.69) is 15.6 Å². The van der Waals surface area contributed by atoms with Crippen molar-refractivity contribution in [3.63, 3.8) is 0 Å². The molecule has 1 aromatic carbocycles. The summed E-state index contributed by atoms with van der Waals surface area (Å²) >= 11 is 0. The molecular weight excluding hydrogens is 252 g/mol. The van der Waals surface area contributed by atoms with Gasteiger partial charge in [-0.2, -0.15) is 5.10 Å². The summed E-state index contributed by atoms with van der Waals surface area (Å²) in [4.78, 5) is 0. The number of rotatable bonds is 5. The normalized spacial score (nSPS) is 10.8. The standard InChI is InChI=1S/C15H16N4O/c1-12-9-15(20-18-12)11-16-10-13-7-8-19(17-13)14-5-3-2-4-6-14/h2-9,16H,10-11H2,1H3. The lowest BCUT2D eigenvalue weighted by molar-refractivity contribution is 0.369. The third kappa shape index (κ3) is 2.95. The molecule has 0 aliphatic rings. The highest BCUT2D eigenvalue weighted by Crippen LogP contribution is 2.07. The molecule has 0 fully saturated rings. The third-order valence-electron chi connectivity index (χ3n) is 2.95. The molecule has 1 N–H and O–H groups in total. The van der Waals surface area contributed by atoms with Gasteiger partial charge < -0.3 is 9.84 Å². The summed E-state index contributed by atoms with van der Waals surface area (Å²) in [7, 11) is 0. The largest absolute Gasteiger partial charge is 0.360 e. The fourth-order valence-electron chi connectivity index (χ4n) is 1.99. The van der Waals surface area contributed by atoms with Crippen LogP contribution in [0.5, 0.6) is 0 Å². The molecule has 102 valence electrons. The Morgan fingerprint density at radius 3 is 2.75 bits per heavy atom. The molecule has 5 nitrogen and oxygen atoms in total. The number of para-hydroxylation sites is 1. The van der Waals surface area contributed by atoms with Gasteiger partial charge in [0.05, 0.1) is 23.6 Å². The molecule has 0 bridgehead atoms. The SMILES string of the molecule is Cc1cc(CNCc2ccn(-c3ccccc3)n2)on1. The summed E-state index contributed by atoms with van der Waals surface area (Å²) in [5.41, 5.74) is 2.95. The van der Waals surface area contributed by atoms with Gasteiger partial charge in [-0.3, -0.25) is 0 Å². The summed E-state index contributed by atoms with van der Waals surface area (Å²) in [5.74, 6) is 0.838. The zero-order valence-corrected chi connectivity index (χ0v) is 11.3. The van der Waals surface area contributed by atoms with E-state index in [0.717, 1.165) is 22.8 Å². The van der Waals surface area contributed by atoms with E-state index in [-0.39, 0.29) is 0 Å². The monoisotopic (exact) mass is 268 g/mol. The van der Waals surface area contributed by atoms with Gasteiger partial charge in [0.2, 0.25) is 0 Å². The van der Waals surface area contributed by atoms with Crippen molar-refractivity contribution in [3.05, 3.63) is 65.8 Å². The highest BCUT2D eigenvalue weighted by molar-refractivity contribution is 5.30. The van der Waals surface area contributed by atoms with Gasteiger partial charge in [0.15, 0.2) is 5.76 Å². The van der Waals surface area contributed by atoms with Crippen LogP contribution in [-0.2, 0) is 13.1 Å². The summed E-state index contributed by atoms with van der Waals surface area (Å²) in [6.45, 7) is 3.26. The summed E-state index contributed by atoms with van der Waals surface area (Å²) in [5, 5.41) is 11.7. The van der Waals surface area contributed by atoms with E-state index in [1.165, 1.54) is 0 Å². The fourth-order valence-corrected chi connectivity index (χ4v) is 1.99. The number of hydrogen-bond acceptors (Lipinski definition) is 4. The Morgan fingerprint density at radius 1 is 1.15 bits per heavy atom. The predicted octanol–water partition coefficient (Wildman–Crippen LogP) is 2.46. The Labute approximate surface area is 117 Å². The predicted molar refractivity (Wildman–Crippen MR) is 75.3 cm³/mol. The molecule has 0 spiro atoms. The Balaban J connectivity index is 1.58. The number of hydrogen-bond donors (Lipinski definition) is 1. The first-order valence-corrected chi connectivity index (χ1v) is 6.54. The van der Waals surface area contributed by atoms with Crippen LogP contribution < -0.4 is 5.32 Å². The van der Waals surface area contributed by atoms with Crippen LogP contribution >= 0.6 is 0 Å². The zero-order chi connectivity index (χ0) is 13.8. The van der Waals surface area contributed by atoms with Crippen LogP contribution in [0.4, 0.5) is 0 Å². The minimum absolute atomic E-state index is 0.652. The number of benzene rings is 1. The minimum atomic E-state index is 0.652. The van der Waals surface area contributed by atoms with E-state index >= 15 is 0 Å². The maximum absolute atomic E-state index is 5.14. The van der Waals surface area contributed by atoms with Gasteiger partial charge in [-0.1, -0.05) is 23.4 Å². The molecule has 0 saturated carbocycles. The van der Waals surface area contributed by atoms with E-state index in [1.54, 1.807) is 0 Å². The quantitative estimate of drug-likeness (QED) is 0.772. The summed E-state index contributed by atoms with van der Waals surface area (Å²) < 4.78 is 7.01. The van der Waals surface area contributed by atoms with Crippen LogP contribution in [0.25, 0.3) is 5.69 Å². The van der Waals surface area contributed by atoms with Crippen molar-refractivity contribution in [2.75, 3.05) is 0 Å².